The van der Waals surface area contributed by atoms with Crippen LogP contribution in [0, 0.1) is 0 Å². The van der Waals surface area contributed by atoms with Gasteiger partial charge in [0.1, 0.15) is 5.76 Å². The van der Waals surface area contributed by atoms with E-state index in [1.807, 2.05) is 0 Å². The Hall–Kier alpha value is -2.75. The highest BCUT2D eigenvalue weighted by Gasteiger charge is 2.16. The first-order valence-electron chi connectivity index (χ1n) is 8.22. The average Bonchev–Trinajstić information content (AvgIpc) is 3.20. The monoisotopic (exact) mass is 418 g/mol. The van der Waals surface area contributed by atoms with Crippen molar-refractivity contribution in [2.24, 2.45) is 0 Å². The molecule has 0 saturated carbocycles. The highest BCUT2D eigenvalue weighted by molar-refractivity contribution is 7.89. The lowest BCUT2D eigenvalue weighted by Crippen LogP contribution is -2.23. The van der Waals surface area contributed by atoms with E-state index in [4.69, 9.17) is 4.42 Å². The zero-order valence-corrected chi connectivity index (χ0v) is 16.5. The minimum atomic E-state index is -3.77. The van der Waals surface area contributed by atoms with Crippen molar-refractivity contribution < 1.29 is 21.8 Å². The standard InChI is InChI=1S/C19H18N2O5S2/c1-27(23)17-9-7-14(8-10-17)19(22)21-15-4-2-6-18(12-15)28(24,25)20-13-16-5-3-11-26-16/h2-12,20H,13H2,1H3,(H,21,22). The first-order chi connectivity index (χ1) is 13.3. The van der Waals surface area contributed by atoms with Crippen LogP contribution in [0.3, 0.4) is 0 Å². The normalized spacial score (nSPS) is 12.5. The van der Waals surface area contributed by atoms with Crippen LogP contribution in [0.2, 0.25) is 0 Å². The fourth-order valence-corrected chi connectivity index (χ4v) is 3.96. The van der Waals surface area contributed by atoms with Gasteiger partial charge in [0.25, 0.3) is 5.91 Å². The quantitative estimate of drug-likeness (QED) is 0.614. The van der Waals surface area contributed by atoms with Gasteiger partial charge < -0.3 is 9.73 Å². The van der Waals surface area contributed by atoms with Gasteiger partial charge in [0.2, 0.25) is 10.0 Å². The van der Waals surface area contributed by atoms with Crippen molar-refractivity contribution in [2.45, 2.75) is 16.3 Å². The van der Waals surface area contributed by atoms with E-state index in [1.165, 1.54) is 18.4 Å². The summed E-state index contributed by atoms with van der Waals surface area (Å²) in [6.07, 6.45) is 3.02. The zero-order valence-electron chi connectivity index (χ0n) is 14.9. The Morgan fingerprint density at radius 2 is 1.82 bits per heavy atom. The number of carbonyl (C=O) groups is 1. The van der Waals surface area contributed by atoms with Gasteiger partial charge >= 0.3 is 0 Å². The minimum absolute atomic E-state index is 0.0218. The molecule has 0 aliphatic carbocycles. The van der Waals surface area contributed by atoms with Crippen LogP contribution in [0.1, 0.15) is 16.1 Å². The molecule has 9 heteroatoms. The molecule has 0 aliphatic heterocycles. The second-order valence-electron chi connectivity index (χ2n) is 5.86. The number of benzene rings is 2. The molecule has 28 heavy (non-hydrogen) atoms. The minimum Gasteiger partial charge on any atom is -0.468 e. The largest absolute Gasteiger partial charge is 0.468 e. The smallest absolute Gasteiger partial charge is 0.255 e. The third kappa shape index (κ3) is 4.94. The highest BCUT2D eigenvalue weighted by Crippen LogP contribution is 2.17. The number of nitrogens with one attached hydrogen (secondary N) is 2. The summed E-state index contributed by atoms with van der Waals surface area (Å²) in [5.41, 5.74) is 0.715. The van der Waals surface area contributed by atoms with Crippen LogP contribution in [0.4, 0.5) is 5.69 Å². The Labute approximate surface area is 165 Å². The molecule has 7 nitrogen and oxygen atoms in total. The molecule has 2 aromatic carbocycles. The molecule has 1 heterocycles. The van der Waals surface area contributed by atoms with Crippen molar-refractivity contribution in [1.82, 2.24) is 4.72 Å². The molecule has 0 fully saturated rings. The molecule has 1 amide bonds. The van der Waals surface area contributed by atoms with Crippen LogP contribution in [0.25, 0.3) is 0 Å². The van der Waals surface area contributed by atoms with E-state index in [0.29, 0.717) is 21.9 Å². The topological polar surface area (TPSA) is 105 Å². The first-order valence-corrected chi connectivity index (χ1v) is 11.3. The van der Waals surface area contributed by atoms with E-state index in [-0.39, 0.29) is 11.4 Å². The fourth-order valence-electron chi connectivity index (χ4n) is 2.40. The van der Waals surface area contributed by atoms with E-state index in [9.17, 15) is 17.4 Å². The molecule has 2 N–H and O–H groups in total. The summed E-state index contributed by atoms with van der Waals surface area (Å²) in [4.78, 5) is 13.0. The zero-order chi connectivity index (χ0) is 20.1. The summed E-state index contributed by atoms with van der Waals surface area (Å²) in [5.74, 6) is 0.0935. The SMILES string of the molecule is CS(=O)c1ccc(C(=O)Nc2cccc(S(=O)(=O)NCc3ccco3)c2)cc1. The second-order valence-corrected chi connectivity index (χ2v) is 9.01. The van der Waals surface area contributed by atoms with Crippen molar-refractivity contribution in [1.29, 1.82) is 0 Å². The number of anilines is 1. The summed E-state index contributed by atoms with van der Waals surface area (Å²) in [6.45, 7) is 0.0249. The summed E-state index contributed by atoms with van der Waals surface area (Å²) in [6, 6.07) is 15.6. The second kappa shape index (κ2) is 8.51. The third-order valence-corrected chi connectivity index (χ3v) is 6.20. The molecular weight excluding hydrogens is 400 g/mol. The fraction of sp³-hybridized carbons (Fsp3) is 0.105. The van der Waals surface area contributed by atoms with Crippen LogP contribution in [-0.2, 0) is 27.4 Å². The number of carbonyl (C=O) groups excluding carboxylic acids is 1. The van der Waals surface area contributed by atoms with Crippen molar-refractivity contribution in [3.8, 4) is 0 Å². The van der Waals surface area contributed by atoms with E-state index < -0.39 is 26.7 Å². The van der Waals surface area contributed by atoms with Crippen LogP contribution in [0.15, 0.2) is 81.1 Å². The van der Waals surface area contributed by atoms with E-state index in [1.54, 1.807) is 54.8 Å². The third-order valence-electron chi connectivity index (χ3n) is 3.87. The number of hydrogen-bond donors (Lipinski definition) is 2. The van der Waals surface area contributed by atoms with Gasteiger partial charge in [0.15, 0.2) is 0 Å². The van der Waals surface area contributed by atoms with Crippen molar-refractivity contribution in [3.63, 3.8) is 0 Å². The molecule has 1 unspecified atom stereocenters. The van der Waals surface area contributed by atoms with E-state index >= 15 is 0 Å². The highest BCUT2D eigenvalue weighted by atomic mass is 32.2. The molecular formula is C19H18N2O5S2. The number of amides is 1. The van der Waals surface area contributed by atoms with Gasteiger partial charge in [-0.2, -0.15) is 0 Å². The van der Waals surface area contributed by atoms with Gasteiger partial charge in [-0.1, -0.05) is 6.07 Å². The maximum atomic E-state index is 12.4. The van der Waals surface area contributed by atoms with Crippen molar-refractivity contribution in [3.05, 3.63) is 78.3 Å². The molecule has 0 aliphatic rings. The maximum absolute atomic E-state index is 12.4. The predicted octanol–water partition coefficient (Wildman–Crippen LogP) is 2.75. The molecule has 3 aromatic rings. The van der Waals surface area contributed by atoms with Gasteiger partial charge in [-0.05, 0) is 54.6 Å². The molecule has 146 valence electrons. The lowest BCUT2D eigenvalue weighted by molar-refractivity contribution is 0.102. The molecule has 0 bridgehead atoms. The Morgan fingerprint density at radius 3 is 2.46 bits per heavy atom. The number of hydrogen-bond acceptors (Lipinski definition) is 5. The Balaban J connectivity index is 1.71. The molecule has 1 aromatic heterocycles. The lowest BCUT2D eigenvalue weighted by Gasteiger charge is -2.09. The Morgan fingerprint density at radius 1 is 1.07 bits per heavy atom. The molecule has 0 spiro atoms. The summed E-state index contributed by atoms with van der Waals surface area (Å²) >= 11 is 0. The molecule has 1 atom stereocenters. The summed E-state index contributed by atoms with van der Waals surface area (Å²) in [7, 11) is -4.90. The van der Waals surface area contributed by atoms with Crippen molar-refractivity contribution >= 4 is 32.4 Å². The maximum Gasteiger partial charge on any atom is 0.255 e. The lowest BCUT2D eigenvalue weighted by atomic mass is 10.2. The van der Waals surface area contributed by atoms with Crippen LogP contribution < -0.4 is 10.0 Å². The molecule has 0 radical (unpaired) electrons. The number of rotatable bonds is 7. The van der Waals surface area contributed by atoms with E-state index in [2.05, 4.69) is 10.0 Å². The molecule has 0 saturated heterocycles. The van der Waals surface area contributed by atoms with Gasteiger partial charge in [0, 0.05) is 33.2 Å². The Bertz CT molecular complexity index is 1090. The predicted molar refractivity (Wildman–Crippen MR) is 106 cm³/mol. The summed E-state index contributed by atoms with van der Waals surface area (Å²) < 4.78 is 43.9. The first kappa shape index (κ1) is 20.0. The number of sulfonamides is 1. The average molecular weight is 418 g/mol. The number of furan rings is 1. The van der Waals surface area contributed by atoms with Crippen LogP contribution in [-0.4, -0.2) is 24.8 Å². The van der Waals surface area contributed by atoms with Gasteiger partial charge in [0.05, 0.1) is 17.7 Å². The van der Waals surface area contributed by atoms with Crippen LogP contribution in [0.5, 0.6) is 0 Å². The van der Waals surface area contributed by atoms with Gasteiger partial charge in [-0.3, -0.25) is 9.00 Å². The summed E-state index contributed by atoms with van der Waals surface area (Å²) in [5, 5.41) is 2.66. The van der Waals surface area contributed by atoms with Gasteiger partial charge in [-0.25, -0.2) is 13.1 Å². The molecule has 3 rings (SSSR count). The van der Waals surface area contributed by atoms with Crippen LogP contribution >= 0.6 is 0 Å². The van der Waals surface area contributed by atoms with Crippen molar-refractivity contribution in [2.75, 3.05) is 11.6 Å². The Kier molecular flexibility index (Phi) is 6.08. The van der Waals surface area contributed by atoms with E-state index in [0.717, 1.165) is 0 Å². The van der Waals surface area contributed by atoms with Gasteiger partial charge in [-0.15, -0.1) is 0 Å².